The Kier molecular flexibility index (Phi) is 5.62. The number of nitrogens with one attached hydrogen (secondary N) is 1. The molecule has 31 heavy (non-hydrogen) atoms. The summed E-state index contributed by atoms with van der Waals surface area (Å²) < 4.78 is 16.3. The normalized spacial score (nSPS) is 11.2. The van der Waals surface area contributed by atoms with Crippen LogP contribution in [0.5, 0.6) is 0 Å². The summed E-state index contributed by atoms with van der Waals surface area (Å²) in [6, 6.07) is 12.7. The minimum Gasteiger partial charge on any atom is -0.348 e. The van der Waals surface area contributed by atoms with Gasteiger partial charge in [0, 0.05) is 12.7 Å². The van der Waals surface area contributed by atoms with Crippen molar-refractivity contribution < 1.29 is 13.8 Å². The lowest BCUT2D eigenvalue weighted by Gasteiger charge is -2.12. The molecule has 1 aromatic carbocycles. The monoisotopic (exact) mass is 420 g/mol. The molecule has 4 aromatic rings. The molecule has 0 spiro atoms. The van der Waals surface area contributed by atoms with Crippen molar-refractivity contribution in [1.82, 2.24) is 14.7 Å². The number of nitrogen functional groups attached to an aromatic ring is 1. The highest BCUT2D eigenvalue weighted by molar-refractivity contribution is 6.00. The van der Waals surface area contributed by atoms with Gasteiger partial charge in [0.2, 0.25) is 11.5 Å². The highest BCUT2D eigenvalue weighted by Gasteiger charge is 2.24. The Morgan fingerprint density at radius 2 is 2.00 bits per heavy atom. The first-order valence-electron chi connectivity index (χ1n) is 10.2. The number of aryl methyl sites for hydroxylation is 1. The number of pyridine rings is 2. The summed E-state index contributed by atoms with van der Waals surface area (Å²) >= 11 is 0. The Morgan fingerprint density at radius 3 is 2.74 bits per heavy atom. The van der Waals surface area contributed by atoms with Crippen LogP contribution in [-0.2, 0) is 13.1 Å². The first-order chi connectivity index (χ1) is 15.0. The van der Waals surface area contributed by atoms with Gasteiger partial charge < -0.3 is 11.1 Å². The molecule has 0 aliphatic carbocycles. The van der Waals surface area contributed by atoms with Crippen LogP contribution in [0.15, 0.2) is 59.5 Å². The third-order valence-electron chi connectivity index (χ3n) is 5.21. The fraction of sp³-hybridized carbons (Fsp3) is 0.217. The van der Waals surface area contributed by atoms with Gasteiger partial charge in [-0.05, 0) is 42.3 Å². The maximum atomic E-state index is 13.1. The van der Waals surface area contributed by atoms with E-state index in [2.05, 4.69) is 17.2 Å². The summed E-state index contributed by atoms with van der Waals surface area (Å²) in [7, 11) is 0. The average molecular weight is 420 g/mol. The Hall–Kier alpha value is -3.81. The molecule has 0 saturated carbocycles. The smallest absolute Gasteiger partial charge is 0.278 e. The summed E-state index contributed by atoms with van der Waals surface area (Å²) in [5.41, 5.74) is 8.04. The first-order valence-corrected chi connectivity index (χ1v) is 10.2. The summed E-state index contributed by atoms with van der Waals surface area (Å²) in [4.78, 5) is 30.7. The molecule has 0 unspecified atom stereocenters. The van der Waals surface area contributed by atoms with Gasteiger partial charge >= 0.3 is 0 Å². The second-order valence-corrected chi connectivity index (χ2v) is 7.34. The molecule has 3 aromatic heterocycles. The Bertz CT molecular complexity index is 1330. The van der Waals surface area contributed by atoms with E-state index in [-0.39, 0.29) is 29.3 Å². The minimum atomic E-state index is -0.411. The Labute approximate surface area is 178 Å². The van der Waals surface area contributed by atoms with E-state index >= 15 is 0 Å². The van der Waals surface area contributed by atoms with E-state index in [1.54, 1.807) is 35.0 Å². The molecular formula is C23H23FN5O2+. The summed E-state index contributed by atoms with van der Waals surface area (Å²) in [6.07, 6.45) is 3.38. The molecule has 4 rings (SSSR count). The van der Waals surface area contributed by atoms with E-state index in [0.29, 0.717) is 23.2 Å². The number of amides is 1. The van der Waals surface area contributed by atoms with E-state index < -0.39 is 5.91 Å². The fourth-order valence-electron chi connectivity index (χ4n) is 3.51. The molecule has 8 heteroatoms. The number of hydrogen-bond acceptors (Lipinski definition) is 4. The number of halogens is 1. The first kappa shape index (κ1) is 20.5. The van der Waals surface area contributed by atoms with Crippen LogP contribution in [0.2, 0.25) is 0 Å². The maximum Gasteiger partial charge on any atom is 0.278 e. The predicted octanol–water partition coefficient (Wildman–Crippen LogP) is 2.59. The summed E-state index contributed by atoms with van der Waals surface area (Å²) in [5.74, 6) is -0.498. The minimum absolute atomic E-state index is 0.209. The largest absolute Gasteiger partial charge is 0.348 e. The maximum absolute atomic E-state index is 13.1. The van der Waals surface area contributed by atoms with Crippen molar-refractivity contribution in [2.45, 2.75) is 32.9 Å². The van der Waals surface area contributed by atoms with Crippen LogP contribution in [0.3, 0.4) is 0 Å². The summed E-state index contributed by atoms with van der Waals surface area (Å²) in [6.45, 7) is 2.80. The van der Waals surface area contributed by atoms with Gasteiger partial charge in [-0.2, -0.15) is 0 Å². The SMILES string of the molecule is CCCC[n+]1c(N)c(C(=O)NCc2ccc(F)cc2)cc2c(=O)n3ccccc3nc21. The number of rotatable bonds is 6. The number of hydrogen-bond donors (Lipinski definition) is 2. The molecule has 7 nitrogen and oxygen atoms in total. The molecule has 0 aliphatic rings. The van der Waals surface area contributed by atoms with E-state index in [0.717, 1.165) is 18.4 Å². The molecule has 3 heterocycles. The lowest BCUT2D eigenvalue weighted by Crippen LogP contribution is -2.42. The van der Waals surface area contributed by atoms with Crippen molar-refractivity contribution in [3.05, 3.63) is 82.0 Å². The van der Waals surface area contributed by atoms with Gasteiger partial charge in [0.05, 0.1) is 6.54 Å². The molecule has 0 atom stereocenters. The van der Waals surface area contributed by atoms with Crippen molar-refractivity contribution in [3.63, 3.8) is 0 Å². The van der Waals surface area contributed by atoms with Crippen LogP contribution < -0.4 is 21.2 Å². The standard InChI is InChI=1S/C23H22FN5O2/c1-2-3-11-29-20(25)17(22(30)26-14-15-7-9-16(24)10-8-15)13-18-21(29)27-19-6-4-5-12-28(19)23(18)31/h4-10,12-13,25H,2-3,11,14H2,1H3,(H,26,30)/p+1. The zero-order valence-corrected chi connectivity index (χ0v) is 17.1. The highest BCUT2D eigenvalue weighted by atomic mass is 19.1. The number of carbonyl (C=O) groups excluding carboxylic acids is 1. The third-order valence-corrected chi connectivity index (χ3v) is 5.21. The van der Waals surface area contributed by atoms with Crippen LogP contribution in [-0.4, -0.2) is 15.3 Å². The number of unbranched alkanes of at least 4 members (excludes halogenated alkanes) is 1. The topological polar surface area (TPSA) is 93.4 Å². The quantitative estimate of drug-likeness (QED) is 0.370. The predicted molar refractivity (Wildman–Crippen MR) is 116 cm³/mol. The number of carbonyl (C=O) groups is 1. The zero-order valence-electron chi connectivity index (χ0n) is 17.1. The molecule has 0 saturated heterocycles. The third kappa shape index (κ3) is 3.96. The lowest BCUT2D eigenvalue weighted by atomic mass is 10.1. The van der Waals surface area contributed by atoms with Crippen molar-refractivity contribution in [2.24, 2.45) is 0 Å². The Balaban J connectivity index is 1.80. The second-order valence-electron chi connectivity index (χ2n) is 7.34. The van der Waals surface area contributed by atoms with E-state index in [9.17, 15) is 14.0 Å². The number of anilines is 1. The van der Waals surface area contributed by atoms with Crippen LogP contribution >= 0.6 is 0 Å². The van der Waals surface area contributed by atoms with Gasteiger partial charge in [-0.3, -0.25) is 14.0 Å². The van der Waals surface area contributed by atoms with Crippen LogP contribution in [0, 0.1) is 5.82 Å². The Morgan fingerprint density at radius 1 is 1.23 bits per heavy atom. The zero-order chi connectivity index (χ0) is 22.0. The van der Waals surface area contributed by atoms with E-state index in [1.807, 2.05) is 6.07 Å². The molecule has 1 amide bonds. The molecule has 0 aliphatic heterocycles. The van der Waals surface area contributed by atoms with Crippen molar-refractivity contribution in [3.8, 4) is 0 Å². The van der Waals surface area contributed by atoms with Crippen LogP contribution in [0.4, 0.5) is 10.2 Å². The van der Waals surface area contributed by atoms with Gasteiger partial charge in [-0.15, -0.1) is 0 Å². The molecule has 0 bridgehead atoms. The number of benzene rings is 1. The van der Waals surface area contributed by atoms with E-state index in [4.69, 9.17) is 5.73 Å². The van der Waals surface area contributed by atoms with Crippen molar-refractivity contribution in [1.29, 1.82) is 0 Å². The lowest BCUT2D eigenvalue weighted by molar-refractivity contribution is -0.659. The van der Waals surface area contributed by atoms with Crippen LogP contribution in [0.1, 0.15) is 35.7 Å². The summed E-state index contributed by atoms with van der Waals surface area (Å²) in [5, 5.41) is 3.12. The van der Waals surface area contributed by atoms with Gasteiger partial charge in [0.1, 0.15) is 16.8 Å². The van der Waals surface area contributed by atoms with Gasteiger partial charge in [-0.25, -0.2) is 8.96 Å². The highest BCUT2D eigenvalue weighted by Crippen LogP contribution is 2.15. The van der Waals surface area contributed by atoms with Crippen molar-refractivity contribution in [2.75, 3.05) is 5.73 Å². The number of nitrogens with zero attached hydrogens (tertiary/aromatic N) is 3. The van der Waals surface area contributed by atoms with Gasteiger partial charge in [0.25, 0.3) is 17.1 Å². The number of aromatic nitrogens is 3. The van der Waals surface area contributed by atoms with Crippen LogP contribution in [0.25, 0.3) is 16.7 Å². The molecular weight excluding hydrogens is 397 g/mol. The average Bonchev–Trinajstić information content (AvgIpc) is 2.78. The molecule has 0 fully saturated rings. The fourth-order valence-corrected chi connectivity index (χ4v) is 3.51. The van der Waals surface area contributed by atoms with E-state index in [1.165, 1.54) is 22.6 Å². The number of fused-ring (bicyclic) bond motifs is 2. The van der Waals surface area contributed by atoms with Gasteiger partial charge in [-0.1, -0.05) is 36.5 Å². The second kappa shape index (κ2) is 8.51. The molecule has 158 valence electrons. The van der Waals surface area contributed by atoms with Crippen molar-refractivity contribution >= 4 is 28.4 Å². The molecule has 0 radical (unpaired) electrons. The number of nitrogens with two attached hydrogens (primary N) is 1. The molecule has 3 N–H and O–H groups in total. The van der Waals surface area contributed by atoms with Gasteiger partial charge in [0.15, 0.2) is 0 Å².